The highest BCUT2D eigenvalue weighted by atomic mass is 16.5. The Hall–Kier alpha value is -2.79. The number of H-pyrrole nitrogens is 1. The average Bonchev–Trinajstić information content (AvgIpc) is 3.01. The lowest BCUT2D eigenvalue weighted by atomic mass is 10.1. The van der Waals surface area contributed by atoms with Crippen molar-refractivity contribution in [1.82, 2.24) is 15.1 Å². The van der Waals surface area contributed by atoms with Crippen LogP contribution in [0.25, 0.3) is 23.1 Å². The number of para-hydroxylation sites is 1. The van der Waals surface area contributed by atoms with Gasteiger partial charge < -0.3 is 15.4 Å². The number of hydrogen-bond acceptors (Lipinski definition) is 4. The molecule has 2 aromatic carbocycles. The predicted octanol–water partition coefficient (Wildman–Crippen LogP) is 3.65. The zero-order valence-corrected chi connectivity index (χ0v) is 14.7. The summed E-state index contributed by atoms with van der Waals surface area (Å²) >= 11 is 0. The van der Waals surface area contributed by atoms with Gasteiger partial charge in [-0.25, -0.2) is 0 Å². The Kier molecular flexibility index (Phi) is 5.36. The first-order valence-corrected chi connectivity index (χ1v) is 8.42. The highest BCUT2D eigenvalue weighted by Gasteiger charge is 2.03. The smallest absolute Gasteiger partial charge is 0.142 e. The summed E-state index contributed by atoms with van der Waals surface area (Å²) in [6.07, 6.45) is 4.97. The van der Waals surface area contributed by atoms with Crippen LogP contribution in [0.4, 0.5) is 5.69 Å². The van der Waals surface area contributed by atoms with Crippen molar-refractivity contribution in [3.05, 3.63) is 53.7 Å². The third kappa shape index (κ3) is 4.39. The SMILES string of the molecule is CN(C)CCCOc1ccc(/C=C/c2n[nH]c3ccccc23)cc1N. The first kappa shape index (κ1) is 17.0. The van der Waals surface area contributed by atoms with E-state index in [0.717, 1.165) is 40.9 Å². The lowest BCUT2D eigenvalue weighted by Crippen LogP contribution is -2.15. The van der Waals surface area contributed by atoms with Crippen LogP contribution in [0.1, 0.15) is 17.7 Å². The number of benzene rings is 2. The summed E-state index contributed by atoms with van der Waals surface area (Å²) in [4.78, 5) is 2.14. The minimum Gasteiger partial charge on any atom is -0.491 e. The monoisotopic (exact) mass is 336 g/mol. The van der Waals surface area contributed by atoms with Crippen molar-refractivity contribution in [2.24, 2.45) is 0 Å². The molecule has 3 rings (SSSR count). The molecule has 0 aliphatic heterocycles. The first-order valence-electron chi connectivity index (χ1n) is 8.42. The zero-order valence-electron chi connectivity index (χ0n) is 14.7. The van der Waals surface area contributed by atoms with E-state index in [1.807, 2.05) is 48.6 Å². The molecule has 3 N–H and O–H groups in total. The molecule has 25 heavy (non-hydrogen) atoms. The Morgan fingerprint density at radius 3 is 2.80 bits per heavy atom. The van der Waals surface area contributed by atoms with E-state index < -0.39 is 0 Å². The molecule has 0 amide bonds. The van der Waals surface area contributed by atoms with Crippen molar-refractivity contribution in [1.29, 1.82) is 0 Å². The van der Waals surface area contributed by atoms with E-state index in [1.165, 1.54) is 0 Å². The number of nitrogens with one attached hydrogen (secondary N) is 1. The first-order chi connectivity index (χ1) is 12.1. The molecule has 0 aliphatic rings. The number of nitrogen functional groups attached to an aromatic ring is 1. The maximum Gasteiger partial charge on any atom is 0.142 e. The van der Waals surface area contributed by atoms with Crippen LogP contribution in [0.15, 0.2) is 42.5 Å². The van der Waals surface area contributed by atoms with Crippen molar-refractivity contribution in [2.45, 2.75) is 6.42 Å². The van der Waals surface area contributed by atoms with E-state index in [9.17, 15) is 0 Å². The Bertz CT molecular complexity index is 867. The molecule has 0 fully saturated rings. The minimum atomic E-state index is 0.652. The number of hydrogen-bond donors (Lipinski definition) is 2. The van der Waals surface area contributed by atoms with Crippen LogP contribution in [0, 0.1) is 0 Å². The molecule has 3 aromatic rings. The molecule has 0 radical (unpaired) electrons. The fourth-order valence-corrected chi connectivity index (χ4v) is 2.65. The van der Waals surface area contributed by atoms with Gasteiger partial charge in [-0.3, -0.25) is 5.10 Å². The number of nitrogens with two attached hydrogens (primary N) is 1. The number of nitrogens with zero attached hydrogens (tertiary/aromatic N) is 2. The number of fused-ring (bicyclic) bond motifs is 1. The number of aromatic amines is 1. The zero-order chi connectivity index (χ0) is 17.6. The summed E-state index contributed by atoms with van der Waals surface area (Å²) in [7, 11) is 4.11. The molecule has 1 heterocycles. The van der Waals surface area contributed by atoms with Gasteiger partial charge in [-0.05, 0) is 50.4 Å². The van der Waals surface area contributed by atoms with Crippen LogP contribution in [0.5, 0.6) is 5.75 Å². The van der Waals surface area contributed by atoms with E-state index in [4.69, 9.17) is 10.5 Å². The van der Waals surface area contributed by atoms with Crippen LogP contribution in [0.2, 0.25) is 0 Å². The molecule has 0 saturated carbocycles. The van der Waals surface area contributed by atoms with Gasteiger partial charge in [0.1, 0.15) is 5.75 Å². The normalized spacial score (nSPS) is 11.6. The van der Waals surface area contributed by atoms with Gasteiger partial charge >= 0.3 is 0 Å². The van der Waals surface area contributed by atoms with Crippen LogP contribution < -0.4 is 10.5 Å². The van der Waals surface area contributed by atoms with Crippen LogP contribution in [-0.4, -0.2) is 42.3 Å². The Morgan fingerprint density at radius 1 is 1.16 bits per heavy atom. The van der Waals surface area contributed by atoms with E-state index in [-0.39, 0.29) is 0 Å². The molecule has 0 aliphatic carbocycles. The molecule has 0 atom stereocenters. The predicted molar refractivity (Wildman–Crippen MR) is 105 cm³/mol. The number of rotatable bonds is 7. The maximum absolute atomic E-state index is 6.11. The van der Waals surface area contributed by atoms with Gasteiger partial charge in [-0.1, -0.05) is 30.3 Å². The summed E-state index contributed by atoms with van der Waals surface area (Å²) in [5.41, 5.74) is 9.73. The summed E-state index contributed by atoms with van der Waals surface area (Å²) in [5, 5.41) is 8.48. The van der Waals surface area contributed by atoms with Crippen LogP contribution >= 0.6 is 0 Å². The van der Waals surface area contributed by atoms with Crippen molar-refractivity contribution < 1.29 is 4.74 Å². The molecular formula is C20H24N4O. The van der Waals surface area contributed by atoms with Gasteiger partial charge in [0.25, 0.3) is 0 Å². The van der Waals surface area contributed by atoms with E-state index in [0.29, 0.717) is 12.3 Å². The third-order valence-electron chi connectivity index (χ3n) is 3.97. The lowest BCUT2D eigenvalue weighted by molar-refractivity contribution is 0.283. The van der Waals surface area contributed by atoms with Crippen molar-refractivity contribution in [2.75, 3.05) is 33.0 Å². The fourth-order valence-electron chi connectivity index (χ4n) is 2.65. The molecule has 130 valence electrons. The molecule has 1 aromatic heterocycles. The largest absolute Gasteiger partial charge is 0.491 e. The topological polar surface area (TPSA) is 67.2 Å². The summed E-state index contributed by atoms with van der Waals surface area (Å²) in [5.74, 6) is 0.737. The average molecular weight is 336 g/mol. The van der Waals surface area contributed by atoms with Crippen molar-refractivity contribution in [3.8, 4) is 5.75 Å². The van der Waals surface area contributed by atoms with Gasteiger partial charge in [0.15, 0.2) is 0 Å². The molecule has 5 heteroatoms. The number of aromatic nitrogens is 2. The second-order valence-corrected chi connectivity index (χ2v) is 6.29. The summed E-state index contributed by atoms with van der Waals surface area (Å²) < 4.78 is 5.76. The molecule has 0 bridgehead atoms. The van der Waals surface area contributed by atoms with Gasteiger partial charge in [-0.2, -0.15) is 5.10 Å². The number of ether oxygens (including phenoxy) is 1. The van der Waals surface area contributed by atoms with Crippen LogP contribution in [0.3, 0.4) is 0 Å². The maximum atomic E-state index is 6.11. The van der Waals surface area contributed by atoms with E-state index in [2.05, 4.69) is 35.3 Å². The quantitative estimate of drug-likeness (QED) is 0.510. The van der Waals surface area contributed by atoms with Crippen LogP contribution in [-0.2, 0) is 0 Å². The van der Waals surface area contributed by atoms with Gasteiger partial charge in [0.05, 0.1) is 23.5 Å². The summed E-state index contributed by atoms with van der Waals surface area (Å²) in [6.45, 7) is 1.66. The molecule has 5 nitrogen and oxygen atoms in total. The van der Waals surface area contributed by atoms with Gasteiger partial charge in [0.2, 0.25) is 0 Å². The van der Waals surface area contributed by atoms with E-state index in [1.54, 1.807) is 0 Å². The molecule has 0 unspecified atom stereocenters. The Labute approximate surface area is 148 Å². The lowest BCUT2D eigenvalue weighted by Gasteiger charge is -2.12. The third-order valence-corrected chi connectivity index (χ3v) is 3.97. The van der Waals surface area contributed by atoms with Crippen molar-refractivity contribution in [3.63, 3.8) is 0 Å². The Balaban J connectivity index is 1.66. The van der Waals surface area contributed by atoms with Gasteiger partial charge in [0, 0.05) is 11.9 Å². The highest BCUT2D eigenvalue weighted by molar-refractivity contribution is 5.89. The fraction of sp³-hybridized carbons (Fsp3) is 0.250. The summed E-state index contributed by atoms with van der Waals surface area (Å²) in [6, 6.07) is 13.9. The number of anilines is 1. The second kappa shape index (κ2) is 7.85. The molecular weight excluding hydrogens is 312 g/mol. The van der Waals surface area contributed by atoms with Gasteiger partial charge in [-0.15, -0.1) is 0 Å². The molecule has 0 saturated heterocycles. The second-order valence-electron chi connectivity index (χ2n) is 6.29. The molecule has 0 spiro atoms. The Morgan fingerprint density at radius 2 is 2.00 bits per heavy atom. The van der Waals surface area contributed by atoms with E-state index >= 15 is 0 Å². The standard InChI is InChI=1S/C20H24N4O/c1-24(2)12-5-13-25-20-11-9-15(14-17(20)21)8-10-19-16-6-3-4-7-18(16)22-23-19/h3-4,6-11,14H,5,12-13,21H2,1-2H3,(H,22,23)/b10-8+. The minimum absolute atomic E-state index is 0.652. The highest BCUT2D eigenvalue weighted by Crippen LogP contribution is 2.24. The van der Waals surface area contributed by atoms with Crippen molar-refractivity contribution >= 4 is 28.7 Å².